The highest BCUT2D eigenvalue weighted by molar-refractivity contribution is 7.99. The van der Waals surface area contributed by atoms with Crippen LogP contribution in [0, 0.1) is 11.8 Å². The summed E-state index contributed by atoms with van der Waals surface area (Å²) in [6.07, 6.45) is 0.856. The molecule has 0 radical (unpaired) electrons. The zero-order chi connectivity index (χ0) is 9.97. The number of carboxylic acids is 1. The van der Waals surface area contributed by atoms with Crippen molar-refractivity contribution in [2.24, 2.45) is 11.8 Å². The van der Waals surface area contributed by atoms with E-state index < -0.39 is 5.97 Å². The van der Waals surface area contributed by atoms with E-state index in [9.17, 15) is 4.79 Å². The van der Waals surface area contributed by atoms with Crippen molar-refractivity contribution in [3.63, 3.8) is 0 Å². The number of aliphatic carboxylic acids is 1. The van der Waals surface area contributed by atoms with Gasteiger partial charge in [-0.05, 0) is 24.5 Å². The molecule has 1 saturated carbocycles. The normalized spacial score (nSPS) is 24.6. The first-order valence-electron chi connectivity index (χ1n) is 4.68. The highest BCUT2D eigenvalue weighted by Crippen LogP contribution is 2.42. The third-order valence-electron chi connectivity index (χ3n) is 2.45. The molecule has 0 aromatic heterocycles. The SMILES string of the molecule is O=C(O)C1CC1CSc1ccccc1. The second-order valence-corrected chi connectivity index (χ2v) is 4.66. The molecule has 1 aromatic rings. The minimum absolute atomic E-state index is 0.0776. The Hall–Kier alpha value is -0.960. The summed E-state index contributed by atoms with van der Waals surface area (Å²) < 4.78 is 0. The summed E-state index contributed by atoms with van der Waals surface area (Å²) in [6, 6.07) is 10.1. The number of thioether (sulfide) groups is 1. The first kappa shape index (κ1) is 9.59. The molecule has 1 aromatic carbocycles. The molecule has 1 aliphatic carbocycles. The maximum Gasteiger partial charge on any atom is 0.306 e. The summed E-state index contributed by atoms with van der Waals surface area (Å²) in [7, 11) is 0. The number of hydrogen-bond donors (Lipinski definition) is 1. The Labute approximate surface area is 87.3 Å². The van der Waals surface area contributed by atoms with E-state index in [2.05, 4.69) is 12.1 Å². The van der Waals surface area contributed by atoms with Crippen LogP contribution >= 0.6 is 11.8 Å². The summed E-state index contributed by atoms with van der Waals surface area (Å²) in [5, 5.41) is 8.71. The monoisotopic (exact) mass is 208 g/mol. The Morgan fingerprint density at radius 2 is 2.14 bits per heavy atom. The molecule has 1 fully saturated rings. The van der Waals surface area contributed by atoms with E-state index >= 15 is 0 Å². The molecule has 14 heavy (non-hydrogen) atoms. The van der Waals surface area contributed by atoms with Gasteiger partial charge in [-0.2, -0.15) is 0 Å². The molecule has 0 spiro atoms. The maximum absolute atomic E-state index is 10.6. The predicted octanol–water partition coefficient (Wildman–Crippen LogP) is 2.50. The topological polar surface area (TPSA) is 37.3 Å². The molecule has 0 heterocycles. The van der Waals surface area contributed by atoms with Gasteiger partial charge in [-0.1, -0.05) is 18.2 Å². The summed E-state index contributed by atoms with van der Waals surface area (Å²) in [4.78, 5) is 11.8. The van der Waals surface area contributed by atoms with E-state index in [1.807, 2.05) is 18.2 Å². The van der Waals surface area contributed by atoms with E-state index in [0.29, 0.717) is 5.92 Å². The molecule has 0 saturated heterocycles. The standard InChI is InChI=1S/C11H12O2S/c12-11(13)10-6-8(10)7-14-9-4-2-1-3-5-9/h1-5,8,10H,6-7H2,(H,12,13). The highest BCUT2D eigenvalue weighted by Gasteiger charge is 2.42. The van der Waals surface area contributed by atoms with Crippen LogP contribution in [0.15, 0.2) is 35.2 Å². The Bertz CT molecular complexity index is 323. The van der Waals surface area contributed by atoms with E-state index in [1.54, 1.807) is 11.8 Å². The van der Waals surface area contributed by atoms with Crippen LogP contribution < -0.4 is 0 Å². The molecule has 3 heteroatoms. The van der Waals surface area contributed by atoms with Gasteiger partial charge in [-0.3, -0.25) is 4.79 Å². The van der Waals surface area contributed by atoms with Crippen molar-refractivity contribution >= 4 is 17.7 Å². The fourth-order valence-corrected chi connectivity index (χ4v) is 2.58. The number of rotatable bonds is 4. The van der Waals surface area contributed by atoms with Crippen molar-refractivity contribution in [2.45, 2.75) is 11.3 Å². The molecular formula is C11H12O2S. The van der Waals surface area contributed by atoms with Crippen molar-refractivity contribution in [2.75, 3.05) is 5.75 Å². The fraction of sp³-hybridized carbons (Fsp3) is 0.364. The molecule has 0 bridgehead atoms. The summed E-state index contributed by atoms with van der Waals surface area (Å²) in [6.45, 7) is 0. The van der Waals surface area contributed by atoms with Gasteiger partial charge in [-0.25, -0.2) is 0 Å². The van der Waals surface area contributed by atoms with E-state index in [0.717, 1.165) is 12.2 Å². The molecule has 2 rings (SSSR count). The molecule has 2 unspecified atom stereocenters. The third kappa shape index (κ3) is 2.29. The van der Waals surface area contributed by atoms with Crippen molar-refractivity contribution in [3.05, 3.63) is 30.3 Å². The van der Waals surface area contributed by atoms with Gasteiger partial charge in [0.25, 0.3) is 0 Å². The first-order chi connectivity index (χ1) is 6.77. The first-order valence-corrected chi connectivity index (χ1v) is 5.66. The zero-order valence-electron chi connectivity index (χ0n) is 7.72. The average Bonchev–Trinajstić information content (AvgIpc) is 2.96. The Morgan fingerprint density at radius 1 is 1.43 bits per heavy atom. The lowest BCUT2D eigenvalue weighted by Gasteiger charge is -1.98. The summed E-state index contributed by atoms with van der Waals surface area (Å²) in [5.41, 5.74) is 0. The van der Waals surface area contributed by atoms with Gasteiger partial charge in [-0.15, -0.1) is 11.8 Å². The van der Waals surface area contributed by atoms with Crippen molar-refractivity contribution < 1.29 is 9.90 Å². The number of carboxylic acid groups (broad SMARTS) is 1. The lowest BCUT2D eigenvalue weighted by atomic mass is 10.3. The molecular weight excluding hydrogens is 196 g/mol. The quantitative estimate of drug-likeness (QED) is 0.772. The molecule has 1 aliphatic rings. The van der Waals surface area contributed by atoms with Gasteiger partial charge in [0.05, 0.1) is 5.92 Å². The van der Waals surface area contributed by atoms with Crippen molar-refractivity contribution in [3.8, 4) is 0 Å². The van der Waals surface area contributed by atoms with Gasteiger partial charge in [0.15, 0.2) is 0 Å². The van der Waals surface area contributed by atoms with Crippen LogP contribution in [0.25, 0.3) is 0 Å². The molecule has 1 N–H and O–H groups in total. The van der Waals surface area contributed by atoms with Crippen LogP contribution in [0.2, 0.25) is 0 Å². The van der Waals surface area contributed by atoms with Crippen LogP contribution in [0.1, 0.15) is 6.42 Å². The zero-order valence-corrected chi connectivity index (χ0v) is 8.54. The summed E-state index contributed by atoms with van der Waals surface area (Å²) >= 11 is 1.75. The third-order valence-corrected chi connectivity index (χ3v) is 3.65. The van der Waals surface area contributed by atoms with Crippen LogP contribution in [0.3, 0.4) is 0 Å². The largest absolute Gasteiger partial charge is 0.481 e. The van der Waals surface area contributed by atoms with Crippen LogP contribution in [-0.4, -0.2) is 16.8 Å². The minimum Gasteiger partial charge on any atom is -0.481 e. The minimum atomic E-state index is -0.635. The number of benzene rings is 1. The van der Waals surface area contributed by atoms with Crippen molar-refractivity contribution in [1.29, 1.82) is 0 Å². The van der Waals surface area contributed by atoms with Gasteiger partial charge >= 0.3 is 5.97 Å². The van der Waals surface area contributed by atoms with Gasteiger partial charge in [0.2, 0.25) is 0 Å². The second kappa shape index (κ2) is 4.05. The lowest BCUT2D eigenvalue weighted by molar-refractivity contribution is -0.138. The fourth-order valence-electron chi connectivity index (χ4n) is 1.45. The van der Waals surface area contributed by atoms with Crippen molar-refractivity contribution in [1.82, 2.24) is 0 Å². The molecule has 0 aliphatic heterocycles. The van der Waals surface area contributed by atoms with Gasteiger partial charge < -0.3 is 5.11 Å². The Kier molecular flexibility index (Phi) is 2.77. The molecule has 2 nitrogen and oxygen atoms in total. The van der Waals surface area contributed by atoms with E-state index in [4.69, 9.17) is 5.11 Å². The number of carbonyl (C=O) groups is 1. The van der Waals surface area contributed by atoms with E-state index in [1.165, 1.54) is 4.90 Å². The van der Waals surface area contributed by atoms with Crippen LogP contribution in [0.5, 0.6) is 0 Å². The smallest absolute Gasteiger partial charge is 0.306 e. The summed E-state index contributed by atoms with van der Waals surface area (Å²) in [5.74, 6) is 0.605. The predicted molar refractivity (Wildman–Crippen MR) is 56.4 cm³/mol. The second-order valence-electron chi connectivity index (χ2n) is 3.56. The van der Waals surface area contributed by atoms with Gasteiger partial charge in [0, 0.05) is 10.6 Å². The Morgan fingerprint density at radius 3 is 2.71 bits per heavy atom. The van der Waals surface area contributed by atoms with E-state index in [-0.39, 0.29) is 5.92 Å². The highest BCUT2D eigenvalue weighted by atomic mass is 32.2. The molecule has 2 atom stereocenters. The van der Waals surface area contributed by atoms with Crippen LogP contribution in [-0.2, 0) is 4.79 Å². The van der Waals surface area contributed by atoms with Gasteiger partial charge in [0.1, 0.15) is 0 Å². The molecule has 0 amide bonds. The average molecular weight is 208 g/mol. The molecule has 74 valence electrons. The Balaban J connectivity index is 1.77. The maximum atomic E-state index is 10.6. The van der Waals surface area contributed by atoms with Crippen LogP contribution in [0.4, 0.5) is 0 Å². The lowest BCUT2D eigenvalue weighted by Crippen LogP contribution is -2.00. The number of hydrogen-bond acceptors (Lipinski definition) is 2.